The van der Waals surface area contributed by atoms with Gasteiger partial charge in [-0.1, -0.05) is 32.1 Å². The molecule has 2 heteroatoms. The number of nitrogens with zero attached hydrogens (tertiary/aromatic N) is 1. The molecule has 17 heavy (non-hydrogen) atoms. The molecule has 0 aliphatic rings. The Bertz CT molecular complexity index is 382. The molecule has 2 nitrogen and oxygen atoms in total. The first-order chi connectivity index (χ1) is 8.04. The molecule has 0 saturated carbocycles. The zero-order valence-corrected chi connectivity index (χ0v) is 11.3. The smallest absolute Gasteiger partial charge is 0.116 e. The van der Waals surface area contributed by atoms with Gasteiger partial charge in [0.15, 0.2) is 0 Å². The normalized spacial score (nSPS) is 14.1. The maximum absolute atomic E-state index is 9.56. The van der Waals surface area contributed by atoms with Crippen LogP contribution >= 0.6 is 0 Å². The van der Waals surface area contributed by atoms with Crippen molar-refractivity contribution >= 4 is 5.57 Å². The van der Waals surface area contributed by atoms with Crippen molar-refractivity contribution in [2.24, 2.45) is 5.92 Å². The van der Waals surface area contributed by atoms with Crippen LogP contribution < -0.4 is 0 Å². The Morgan fingerprint density at radius 1 is 1.41 bits per heavy atom. The molecule has 1 aromatic carbocycles. The summed E-state index contributed by atoms with van der Waals surface area (Å²) >= 11 is 0. The summed E-state index contributed by atoms with van der Waals surface area (Å²) in [5.41, 5.74) is 2.44. The van der Waals surface area contributed by atoms with Crippen molar-refractivity contribution in [3.8, 4) is 5.75 Å². The third kappa shape index (κ3) is 4.23. The molecule has 0 amide bonds. The van der Waals surface area contributed by atoms with Crippen LogP contribution in [0.4, 0.5) is 0 Å². The zero-order chi connectivity index (χ0) is 12.8. The minimum atomic E-state index is 0.335. The van der Waals surface area contributed by atoms with Crippen LogP contribution in [0, 0.1) is 5.92 Å². The molecule has 0 radical (unpaired) electrons. The van der Waals surface area contributed by atoms with E-state index < -0.39 is 0 Å². The number of aromatic hydroxyl groups is 1. The quantitative estimate of drug-likeness (QED) is 0.842. The van der Waals surface area contributed by atoms with Gasteiger partial charge >= 0.3 is 0 Å². The third-order valence-corrected chi connectivity index (χ3v) is 2.77. The van der Waals surface area contributed by atoms with Crippen LogP contribution in [0.25, 0.3) is 5.57 Å². The standard InChI is InChI=1S/C15H23NO/c1-5-7-15(12(2)11-16(3)4)13-8-6-9-14(17)10-13/h6-10,12,17H,5,11H2,1-4H3. The largest absolute Gasteiger partial charge is 0.508 e. The van der Waals surface area contributed by atoms with Crippen LogP contribution in [0.15, 0.2) is 30.3 Å². The monoisotopic (exact) mass is 233 g/mol. The van der Waals surface area contributed by atoms with E-state index in [1.54, 1.807) is 6.07 Å². The van der Waals surface area contributed by atoms with Crippen LogP contribution in [0.2, 0.25) is 0 Å². The van der Waals surface area contributed by atoms with Crippen molar-refractivity contribution in [2.45, 2.75) is 20.3 Å². The molecule has 0 spiro atoms. The highest BCUT2D eigenvalue weighted by molar-refractivity contribution is 5.68. The van der Waals surface area contributed by atoms with E-state index in [2.05, 4.69) is 45.0 Å². The third-order valence-electron chi connectivity index (χ3n) is 2.77. The van der Waals surface area contributed by atoms with Crippen LogP contribution in [0.3, 0.4) is 0 Å². The van der Waals surface area contributed by atoms with E-state index in [0.717, 1.165) is 18.5 Å². The molecule has 1 N–H and O–H groups in total. The second kappa shape index (κ2) is 6.45. The average Bonchev–Trinajstić information content (AvgIpc) is 2.24. The number of phenolic OH excluding ortho intramolecular Hbond substituents is 1. The molecule has 0 aromatic heterocycles. The summed E-state index contributed by atoms with van der Waals surface area (Å²) in [6.45, 7) is 5.39. The van der Waals surface area contributed by atoms with Gasteiger partial charge in [0, 0.05) is 6.54 Å². The Morgan fingerprint density at radius 2 is 2.12 bits per heavy atom. The highest BCUT2D eigenvalue weighted by Gasteiger charge is 2.12. The van der Waals surface area contributed by atoms with Gasteiger partial charge in [0.25, 0.3) is 0 Å². The van der Waals surface area contributed by atoms with Crippen LogP contribution in [-0.4, -0.2) is 30.6 Å². The molecule has 94 valence electrons. The number of benzene rings is 1. The molecule has 0 bridgehead atoms. The van der Waals surface area contributed by atoms with E-state index in [0.29, 0.717) is 11.7 Å². The van der Waals surface area contributed by atoms with Gasteiger partial charge in [0.2, 0.25) is 0 Å². The van der Waals surface area contributed by atoms with Crippen molar-refractivity contribution in [3.05, 3.63) is 35.9 Å². The van der Waals surface area contributed by atoms with Gasteiger partial charge in [-0.25, -0.2) is 0 Å². The summed E-state index contributed by atoms with van der Waals surface area (Å²) in [4.78, 5) is 2.19. The van der Waals surface area contributed by atoms with Crippen molar-refractivity contribution in [3.63, 3.8) is 0 Å². The molecular formula is C15H23NO. The molecule has 0 saturated heterocycles. The lowest BCUT2D eigenvalue weighted by molar-refractivity contribution is 0.375. The van der Waals surface area contributed by atoms with Gasteiger partial charge in [-0.15, -0.1) is 0 Å². The van der Waals surface area contributed by atoms with Crippen molar-refractivity contribution < 1.29 is 5.11 Å². The summed E-state index contributed by atoms with van der Waals surface area (Å²) in [5, 5.41) is 9.56. The molecule has 1 atom stereocenters. The fourth-order valence-electron chi connectivity index (χ4n) is 2.16. The Labute approximate surface area is 105 Å². The predicted molar refractivity (Wildman–Crippen MR) is 74.1 cm³/mol. The lowest BCUT2D eigenvalue weighted by Crippen LogP contribution is -2.20. The van der Waals surface area contributed by atoms with Gasteiger partial charge in [-0.05, 0) is 49.7 Å². The van der Waals surface area contributed by atoms with Crippen molar-refractivity contribution in [1.82, 2.24) is 4.90 Å². The molecule has 1 rings (SSSR count). The van der Waals surface area contributed by atoms with E-state index in [1.165, 1.54) is 5.57 Å². The molecule has 1 unspecified atom stereocenters. The summed E-state index contributed by atoms with van der Waals surface area (Å²) in [5.74, 6) is 0.799. The molecule has 0 aliphatic heterocycles. The van der Waals surface area contributed by atoms with Gasteiger partial charge < -0.3 is 10.0 Å². The highest BCUT2D eigenvalue weighted by atomic mass is 16.3. The number of hydrogen-bond acceptors (Lipinski definition) is 2. The van der Waals surface area contributed by atoms with E-state index in [1.807, 2.05) is 12.1 Å². The van der Waals surface area contributed by atoms with Crippen LogP contribution in [0.1, 0.15) is 25.8 Å². The molecule has 1 aromatic rings. The maximum Gasteiger partial charge on any atom is 0.116 e. The number of rotatable bonds is 5. The van der Waals surface area contributed by atoms with Gasteiger partial charge in [0.1, 0.15) is 5.75 Å². The Hall–Kier alpha value is -1.28. The Balaban J connectivity index is 2.97. The topological polar surface area (TPSA) is 23.5 Å². The SMILES string of the molecule is CCC=C(c1cccc(O)c1)C(C)CN(C)C. The lowest BCUT2D eigenvalue weighted by atomic mass is 9.92. The first kappa shape index (κ1) is 13.8. The Kier molecular flexibility index (Phi) is 5.23. The first-order valence-corrected chi connectivity index (χ1v) is 6.18. The minimum absolute atomic E-state index is 0.335. The summed E-state index contributed by atoms with van der Waals surface area (Å²) in [7, 11) is 4.17. The van der Waals surface area contributed by atoms with Gasteiger partial charge in [0.05, 0.1) is 0 Å². The summed E-state index contributed by atoms with van der Waals surface area (Å²) in [6, 6.07) is 7.52. The fourth-order valence-corrected chi connectivity index (χ4v) is 2.16. The Morgan fingerprint density at radius 3 is 2.65 bits per heavy atom. The van der Waals surface area contributed by atoms with Crippen LogP contribution in [-0.2, 0) is 0 Å². The molecule has 0 aliphatic carbocycles. The van der Waals surface area contributed by atoms with Crippen molar-refractivity contribution in [2.75, 3.05) is 20.6 Å². The summed E-state index contributed by atoms with van der Waals surface area (Å²) in [6.07, 6.45) is 3.27. The fraction of sp³-hybridized carbons (Fsp3) is 0.467. The first-order valence-electron chi connectivity index (χ1n) is 6.18. The van der Waals surface area contributed by atoms with Gasteiger partial charge in [-0.2, -0.15) is 0 Å². The number of hydrogen-bond donors (Lipinski definition) is 1. The van der Waals surface area contributed by atoms with E-state index >= 15 is 0 Å². The highest BCUT2D eigenvalue weighted by Crippen LogP contribution is 2.26. The van der Waals surface area contributed by atoms with Crippen molar-refractivity contribution in [1.29, 1.82) is 0 Å². The second-order valence-corrected chi connectivity index (χ2v) is 4.78. The lowest BCUT2D eigenvalue weighted by Gasteiger charge is -2.20. The van der Waals surface area contributed by atoms with E-state index in [-0.39, 0.29) is 0 Å². The average molecular weight is 233 g/mol. The predicted octanol–water partition coefficient (Wildman–Crippen LogP) is 3.38. The minimum Gasteiger partial charge on any atom is -0.508 e. The van der Waals surface area contributed by atoms with E-state index in [4.69, 9.17) is 0 Å². The van der Waals surface area contributed by atoms with E-state index in [9.17, 15) is 5.11 Å². The number of allylic oxidation sites excluding steroid dienone is 1. The van der Waals surface area contributed by atoms with Crippen LogP contribution in [0.5, 0.6) is 5.75 Å². The number of phenols is 1. The zero-order valence-electron chi connectivity index (χ0n) is 11.3. The summed E-state index contributed by atoms with van der Waals surface area (Å²) < 4.78 is 0. The molecular weight excluding hydrogens is 210 g/mol. The molecule has 0 fully saturated rings. The van der Waals surface area contributed by atoms with Gasteiger partial charge in [-0.3, -0.25) is 0 Å². The second-order valence-electron chi connectivity index (χ2n) is 4.78. The molecule has 0 heterocycles. The maximum atomic E-state index is 9.56.